The molecule has 110 valence electrons. The van der Waals surface area contributed by atoms with Crippen LogP contribution < -0.4 is 0 Å². The van der Waals surface area contributed by atoms with E-state index < -0.39 is 5.60 Å². The van der Waals surface area contributed by atoms with Gasteiger partial charge in [-0.1, -0.05) is 28.1 Å². The van der Waals surface area contributed by atoms with Crippen molar-refractivity contribution in [3.8, 4) is 0 Å². The van der Waals surface area contributed by atoms with Gasteiger partial charge >= 0.3 is 6.09 Å². The number of nitrogens with zero attached hydrogens (tertiary/aromatic N) is 1. The van der Waals surface area contributed by atoms with Crippen LogP contribution in [0.2, 0.25) is 0 Å². The van der Waals surface area contributed by atoms with Gasteiger partial charge in [0.2, 0.25) is 0 Å². The molecule has 20 heavy (non-hydrogen) atoms. The number of carbonyl (C=O) groups excluding carboxylic acids is 1. The zero-order chi connectivity index (χ0) is 14.8. The van der Waals surface area contributed by atoms with E-state index in [4.69, 9.17) is 9.47 Å². The number of amides is 1. The molecule has 1 aromatic carbocycles. The first-order chi connectivity index (χ1) is 9.33. The van der Waals surface area contributed by atoms with Gasteiger partial charge in [0.25, 0.3) is 0 Å². The minimum absolute atomic E-state index is 0.0986. The average Bonchev–Trinajstić information content (AvgIpc) is 2.24. The average molecular weight is 342 g/mol. The van der Waals surface area contributed by atoms with Crippen molar-refractivity contribution in [2.24, 2.45) is 0 Å². The number of likely N-dealkylation sites (tertiary alicyclic amines) is 1. The molecule has 1 fully saturated rings. The van der Waals surface area contributed by atoms with E-state index in [1.165, 1.54) is 0 Å². The zero-order valence-corrected chi connectivity index (χ0v) is 13.6. The zero-order valence-electron chi connectivity index (χ0n) is 12.1. The highest BCUT2D eigenvalue weighted by atomic mass is 79.9. The predicted molar refractivity (Wildman–Crippen MR) is 80.5 cm³/mol. The Bertz CT molecular complexity index is 478. The lowest BCUT2D eigenvalue weighted by molar-refractivity contribution is -0.0691. The summed E-state index contributed by atoms with van der Waals surface area (Å²) >= 11 is 3.43. The van der Waals surface area contributed by atoms with Crippen LogP contribution in [-0.4, -0.2) is 35.8 Å². The molecule has 0 spiro atoms. The lowest BCUT2D eigenvalue weighted by Gasteiger charge is -2.39. The van der Waals surface area contributed by atoms with Gasteiger partial charge in [0.1, 0.15) is 5.60 Å². The number of hydrogen-bond acceptors (Lipinski definition) is 3. The SMILES string of the molecule is CC(C)(C)OC(=O)N1CC(OCc2cccc(Br)c2)C1. The summed E-state index contributed by atoms with van der Waals surface area (Å²) in [6.45, 7) is 7.36. The van der Waals surface area contributed by atoms with Crippen LogP contribution in [0, 0.1) is 0 Å². The third-order valence-electron chi connectivity index (χ3n) is 2.87. The highest BCUT2D eigenvalue weighted by molar-refractivity contribution is 9.10. The molecule has 4 nitrogen and oxygen atoms in total. The molecule has 1 amide bonds. The van der Waals surface area contributed by atoms with Gasteiger partial charge in [-0.15, -0.1) is 0 Å². The van der Waals surface area contributed by atoms with Crippen molar-refractivity contribution in [3.63, 3.8) is 0 Å². The van der Waals surface area contributed by atoms with Gasteiger partial charge in [-0.25, -0.2) is 4.79 Å². The van der Waals surface area contributed by atoms with Gasteiger partial charge in [0.15, 0.2) is 0 Å². The highest BCUT2D eigenvalue weighted by Gasteiger charge is 2.34. The molecule has 0 N–H and O–H groups in total. The number of ether oxygens (including phenoxy) is 2. The summed E-state index contributed by atoms with van der Waals surface area (Å²) in [6.07, 6.45) is -0.165. The van der Waals surface area contributed by atoms with Crippen molar-refractivity contribution in [3.05, 3.63) is 34.3 Å². The summed E-state index contributed by atoms with van der Waals surface area (Å²) in [5, 5.41) is 0. The molecule has 1 aliphatic heterocycles. The third-order valence-corrected chi connectivity index (χ3v) is 3.37. The van der Waals surface area contributed by atoms with Crippen molar-refractivity contribution in [1.82, 2.24) is 4.90 Å². The topological polar surface area (TPSA) is 38.8 Å². The minimum Gasteiger partial charge on any atom is -0.444 e. The Balaban J connectivity index is 1.71. The first-order valence-corrected chi connectivity index (χ1v) is 7.47. The molecule has 0 atom stereocenters. The molecular weight excluding hydrogens is 322 g/mol. The second kappa shape index (κ2) is 6.14. The molecule has 1 saturated heterocycles. The monoisotopic (exact) mass is 341 g/mol. The lowest BCUT2D eigenvalue weighted by Crippen LogP contribution is -2.55. The number of hydrogen-bond donors (Lipinski definition) is 0. The molecule has 0 radical (unpaired) electrons. The van der Waals surface area contributed by atoms with Gasteiger partial charge in [-0.2, -0.15) is 0 Å². The van der Waals surface area contributed by atoms with Crippen LogP contribution >= 0.6 is 15.9 Å². The van der Waals surface area contributed by atoms with Crippen LogP contribution in [0.15, 0.2) is 28.7 Å². The Labute approximate surface area is 128 Å². The Kier molecular flexibility index (Phi) is 4.70. The normalized spacial score (nSPS) is 15.9. The van der Waals surface area contributed by atoms with Crippen LogP contribution in [0.1, 0.15) is 26.3 Å². The molecule has 5 heteroatoms. The van der Waals surface area contributed by atoms with E-state index in [1.54, 1.807) is 4.90 Å². The van der Waals surface area contributed by atoms with Crippen LogP contribution in [0.5, 0.6) is 0 Å². The van der Waals surface area contributed by atoms with Crippen molar-refractivity contribution < 1.29 is 14.3 Å². The Hall–Kier alpha value is -1.07. The summed E-state index contributed by atoms with van der Waals surface area (Å²) in [5.74, 6) is 0. The van der Waals surface area contributed by atoms with Gasteiger partial charge in [0, 0.05) is 4.47 Å². The van der Waals surface area contributed by atoms with Gasteiger partial charge in [-0.05, 0) is 38.5 Å². The second-order valence-electron chi connectivity index (χ2n) is 5.95. The number of carbonyl (C=O) groups is 1. The maximum absolute atomic E-state index is 11.7. The molecule has 1 aliphatic rings. The molecule has 1 aromatic rings. The summed E-state index contributed by atoms with van der Waals surface area (Å²) < 4.78 is 12.1. The maximum Gasteiger partial charge on any atom is 0.410 e. The Morgan fingerprint density at radius 2 is 2.10 bits per heavy atom. The van der Waals surface area contributed by atoms with E-state index in [0.29, 0.717) is 19.7 Å². The van der Waals surface area contributed by atoms with Crippen molar-refractivity contribution in [2.75, 3.05) is 13.1 Å². The van der Waals surface area contributed by atoms with E-state index in [-0.39, 0.29) is 12.2 Å². The first-order valence-electron chi connectivity index (χ1n) is 6.67. The molecule has 0 saturated carbocycles. The summed E-state index contributed by atoms with van der Waals surface area (Å²) in [7, 11) is 0. The van der Waals surface area contributed by atoms with Gasteiger partial charge < -0.3 is 14.4 Å². The van der Waals surface area contributed by atoms with E-state index in [0.717, 1.165) is 10.0 Å². The number of halogens is 1. The van der Waals surface area contributed by atoms with Crippen molar-refractivity contribution in [1.29, 1.82) is 0 Å². The molecule has 2 rings (SSSR count). The number of rotatable bonds is 3. The second-order valence-corrected chi connectivity index (χ2v) is 6.86. The van der Waals surface area contributed by atoms with Crippen LogP contribution in [0.4, 0.5) is 4.79 Å². The lowest BCUT2D eigenvalue weighted by atomic mass is 10.1. The number of benzene rings is 1. The van der Waals surface area contributed by atoms with E-state index >= 15 is 0 Å². The summed E-state index contributed by atoms with van der Waals surface area (Å²) in [5.41, 5.74) is 0.675. The molecule has 1 heterocycles. The van der Waals surface area contributed by atoms with Crippen LogP contribution in [0.3, 0.4) is 0 Å². The fraction of sp³-hybridized carbons (Fsp3) is 0.533. The maximum atomic E-state index is 11.7. The van der Waals surface area contributed by atoms with Crippen LogP contribution in [0.25, 0.3) is 0 Å². The standard InChI is InChI=1S/C15H20BrNO3/c1-15(2,3)20-14(18)17-8-13(9-17)19-10-11-5-4-6-12(16)7-11/h4-7,13H,8-10H2,1-3H3. The minimum atomic E-state index is -0.445. The van der Waals surface area contributed by atoms with Crippen LogP contribution in [-0.2, 0) is 16.1 Å². The quantitative estimate of drug-likeness (QED) is 0.843. The summed E-state index contributed by atoms with van der Waals surface area (Å²) in [6, 6.07) is 8.02. The largest absolute Gasteiger partial charge is 0.444 e. The van der Waals surface area contributed by atoms with Gasteiger partial charge in [-0.3, -0.25) is 0 Å². The van der Waals surface area contributed by atoms with E-state index in [9.17, 15) is 4.79 Å². The Morgan fingerprint density at radius 3 is 2.70 bits per heavy atom. The molecule has 0 aliphatic carbocycles. The smallest absolute Gasteiger partial charge is 0.410 e. The summed E-state index contributed by atoms with van der Waals surface area (Å²) in [4.78, 5) is 13.4. The molecule has 0 unspecified atom stereocenters. The van der Waals surface area contributed by atoms with Crippen molar-refractivity contribution >= 4 is 22.0 Å². The molecule has 0 bridgehead atoms. The fourth-order valence-corrected chi connectivity index (χ4v) is 2.31. The molecular formula is C15H20BrNO3. The third kappa shape index (κ3) is 4.49. The van der Waals surface area contributed by atoms with Crippen molar-refractivity contribution in [2.45, 2.75) is 39.1 Å². The Morgan fingerprint density at radius 1 is 1.40 bits per heavy atom. The first kappa shape index (κ1) is 15.3. The fourth-order valence-electron chi connectivity index (χ4n) is 1.86. The highest BCUT2D eigenvalue weighted by Crippen LogP contribution is 2.19. The van der Waals surface area contributed by atoms with E-state index in [2.05, 4.69) is 15.9 Å². The van der Waals surface area contributed by atoms with Gasteiger partial charge in [0.05, 0.1) is 25.8 Å². The molecule has 0 aromatic heterocycles. The van der Waals surface area contributed by atoms with E-state index in [1.807, 2.05) is 45.0 Å². The predicted octanol–water partition coefficient (Wildman–Crippen LogP) is 3.59.